The van der Waals surface area contributed by atoms with E-state index in [1.165, 1.54) is 7.11 Å². The Hall–Kier alpha value is -3.06. The van der Waals surface area contributed by atoms with Gasteiger partial charge in [-0.1, -0.05) is 48.5 Å². The Kier molecular flexibility index (Phi) is 5.93. The van der Waals surface area contributed by atoms with Crippen molar-refractivity contribution in [2.24, 2.45) is 0 Å². The zero-order valence-electron chi connectivity index (χ0n) is 14.6. The molecule has 0 aliphatic carbocycles. The van der Waals surface area contributed by atoms with Gasteiger partial charge in [0.2, 0.25) is 0 Å². The van der Waals surface area contributed by atoms with Crippen molar-refractivity contribution in [3.05, 3.63) is 70.6 Å². The molecule has 0 saturated carbocycles. The van der Waals surface area contributed by atoms with E-state index in [1.54, 1.807) is 18.2 Å². The van der Waals surface area contributed by atoms with E-state index in [-0.39, 0.29) is 4.91 Å². The number of esters is 1. The number of hydrogen-bond acceptors (Lipinski definition) is 6. The van der Waals surface area contributed by atoms with Gasteiger partial charge in [-0.25, -0.2) is 0 Å². The summed E-state index contributed by atoms with van der Waals surface area (Å²) in [6.45, 7) is -0.0137. The van der Waals surface area contributed by atoms with E-state index in [9.17, 15) is 14.4 Å². The molecule has 0 N–H and O–H groups in total. The minimum atomic E-state index is -0.648. The molecular weight excluding hydrogens is 366 g/mol. The molecule has 2 aromatic rings. The van der Waals surface area contributed by atoms with Gasteiger partial charge in [-0.2, -0.15) is 0 Å². The predicted octanol–water partition coefficient (Wildman–Crippen LogP) is 3.47. The van der Waals surface area contributed by atoms with Gasteiger partial charge in [0.1, 0.15) is 18.9 Å². The van der Waals surface area contributed by atoms with Crippen LogP contribution in [0.4, 0.5) is 4.79 Å². The van der Waals surface area contributed by atoms with E-state index in [0.717, 1.165) is 22.2 Å². The molecular formula is C20H17NO5S. The maximum atomic E-state index is 12.4. The minimum Gasteiger partial charge on any atom is -0.488 e. The first kappa shape index (κ1) is 18.7. The molecule has 7 heteroatoms. The van der Waals surface area contributed by atoms with Crippen LogP contribution < -0.4 is 4.74 Å². The number of imide groups is 1. The Morgan fingerprint density at radius 3 is 2.52 bits per heavy atom. The van der Waals surface area contributed by atoms with Gasteiger partial charge in [0, 0.05) is 5.56 Å². The number of carbonyl (C=O) groups is 3. The molecule has 0 spiro atoms. The second kappa shape index (κ2) is 8.55. The molecule has 1 fully saturated rings. The van der Waals surface area contributed by atoms with E-state index < -0.39 is 23.7 Å². The summed E-state index contributed by atoms with van der Waals surface area (Å²) >= 11 is 0.787. The molecule has 0 atom stereocenters. The number of rotatable bonds is 6. The Labute approximate surface area is 160 Å². The molecule has 0 bridgehead atoms. The highest BCUT2D eigenvalue weighted by atomic mass is 32.2. The number of para-hydroxylation sites is 1. The van der Waals surface area contributed by atoms with Crippen LogP contribution in [-0.2, 0) is 20.9 Å². The summed E-state index contributed by atoms with van der Waals surface area (Å²) in [4.78, 5) is 36.9. The minimum absolute atomic E-state index is 0.236. The highest BCUT2D eigenvalue weighted by Gasteiger charge is 2.36. The van der Waals surface area contributed by atoms with Crippen LogP contribution in [0.25, 0.3) is 6.08 Å². The summed E-state index contributed by atoms with van der Waals surface area (Å²) in [6.07, 6.45) is 1.60. The largest absolute Gasteiger partial charge is 0.488 e. The van der Waals surface area contributed by atoms with Gasteiger partial charge < -0.3 is 9.47 Å². The average molecular weight is 383 g/mol. The third-order valence-electron chi connectivity index (χ3n) is 3.83. The predicted molar refractivity (Wildman–Crippen MR) is 102 cm³/mol. The third-order valence-corrected chi connectivity index (χ3v) is 4.74. The highest BCUT2D eigenvalue weighted by molar-refractivity contribution is 8.18. The zero-order chi connectivity index (χ0) is 19.2. The summed E-state index contributed by atoms with van der Waals surface area (Å²) in [5.74, 6) is -0.570. The Balaban J connectivity index is 1.78. The summed E-state index contributed by atoms with van der Waals surface area (Å²) < 4.78 is 10.4. The summed E-state index contributed by atoms with van der Waals surface area (Å²) in [6, 6.07) is 17.0. The van der Waals surface area contributed by atoms with Crippen molar-refractivity contribution < 1.29 is 23.9 Å². The number of benzene rings is 2. The molecule has 2 amide bonds. The van der Waals surface area contributed by atoms with Crippen LogP contribution in [0, 0.1) is 0 Å². The number of nitrogens with zero attached hydrogens (tertiary/aromatic N) is 1. The lowest BCUT2D eigenvalue weighted by Crippen LogP contribution is -2.34. The Morgan fingerprint density at radius 2 is 1.78 bits per heavy atom. The second-order valence-electron chi connectivity index (χ2n) is 5.66. The molecule has 0 radical (unpaired) electrons. The van der Waals surface area contributed by atoms with Crippen LogP contribution >= 0.6 is 11.8 Å². The summed E-state index contributed by atoms with van der Waals surface area (Å²) in [5.41, 5.74) is 1.70. The monoisotopic (exact) mass is 383 g/mol. The smallest absolute Gasteiger partial charge is 0.325 e. The van der Waals surface area contributed by atoms with Crippen molar-refractivity contribution in [3.63, 3.8) is 0 Å². The van der Waals surface area contributed by atoms with Gasteiger partial charge in [0.05, 0.1) is 12.0 Å². The average Bonchev–Trinajstić information content (AvgIpc) is 2.95. The third kappa shape index (κ3) is 4.57. The van der Waals surface area contributed by atoms with Gasteiger partial charge >= 0.3 is 5.97 Å². The van der Waals surface area contributed by atoms with Crippen LogP contribution in [0.2, 0.25) is 0 Å². The number of amides is 2. The molecule has 3 rings (SSSR count). The normalized spacial score (nSPS) is 15.3. The van der Waals surface area contributed by atoms with Crippen molar-refractivity contribution >= 4 is 35.0 Å². The van der Waals surface area contributed by atoms with Crippen LogP contribution in [-0.4, -0.2) is 35.7 Å². The SMILES string of the molecule is COC(=O)CN1C(=O)S/C(=C/c2ccccc2OCc2ccccc2)C1=O. The standard InChI is InChI=1S/C20H17NO5S/c1-25-18(22)12-21-19(23)17(27-20(21)24)11-15-9-5-6-10-16(15)26-13-14-7-3-2-4-8-14/h2-11H,12-13H2,1H3/b17-11+. The number of ether oxygens (including phenoxy) is 2. The van der Waals surface area contributed by atoms with E-state index in [4.69, 9.17) is 4.74 Å². The van der Waals surface area contributed by atoms with Crippen molar-refractivity contribution in [3.8, 4) is 5.75 Å². The summed E-state index contributed by atoms with van der Waals surface area (Å²) in [7, 11) is 1.21. The van der Waals surface area contributed by atoms with Crippen molar-refractivity contribution in [1.82, 2.24) is 4.90 Å². The first-order valence-electron chi connectivity index (χ1n) is 8.16. The highest BCUT2D eigenvalue weighted by Crippen LogP contribution is 2.34. The van der Waals surface area contributed by atoms with Gasteiger partial charge in [-0.3, -0.25) is 19.3 Å². The molecule has 1 saturated heterocycles. The summed E-state index contributed by atoms with van der Waals surface area (Å²) in [5, 5.41) is -0.501. The van der Waals surface area contributed by atoms with Crippen LogP contribution in [0.5, 0.6) is 5.75 Å². The molecule has 0 unspecified atom stereocenters. The van der Waals surface area contributed by atoms with Crippen molar-refractivity contribution in [2.45, 2.75) is 6.61 Å². The first-order chi connectivity index (χ1) is 13.1. The fourth-order valence-corrected chi connectivity index (χ4v) is 3.27. The van der Waals surface area contributed by atoms with Gasteiger partial charge in [-0.05, 0) is 29.5 Å². The van der Waals surface area contributed by atoms with E-state index in [2.05, 4.69) is 4.74 Å². The van der Waals surface area contributed by atoms with Crippen molar-refractivity contribution in [1.29, 1.82) is 0 Å². The maximum absolute atomic E-state index is 12.4. The first-order valence-corrected chi connectivity index (χ1v) is 8.98. The van der Waals surface area contributed by atoms with E-state index >= 15 is 0 Å². The molecule has 0 aromatic heterocycles. The molecule has 1 heterocycles. The van der Waals surface area contributed by atoms with Crippen LogP contribution in [0.3, 0.4) is 0 Å². The van der Waals surface area contributed by atoms with Crippen molar-refractivity contribution in [2.75, 3.05) is 13.7 Å². The molecule has 1 aliphatic heterocycles. The van der Waals surface area contributed by atoms with E-state index in [1.807, 2.05) is 42.5 Å². The lowest BCUT2D eigenvalue weighted by molar-refractivity contribution is -0.143. The topological polar surface area (TPSA) is 72.9 Å². The molecule has 1 aliphatic rings. The van der Waals surface area contributed by atoms with Gasteiger partial charge in [0.25, 0.3) is 11.1 Å². The molecule has 2 aromatic carbocycles. The molecule has 138 valence electrons. The van der Waals surface area contributed by atoms with Gasteiger partial charge in [0.15, 0.2) is 0 Å². The molecule has 6 nitrogen and oxygen atoms in total. The fraction of sp³-hybridized carbons (Fsp3) is 0.150. The number of methoxy groups -OCH3 is 1. The zero-order valence-corrected chi connectivity index (χ0v) is 15.4. The maximum Gasteiger partial charge on any atom is 0.325 e. The Morgan fingerprint density at radius 1 is 1.07 bits per heavy atom. The quantitative estimate of drug-likeness (QED) is 0.562. The van der Waals surface area contributed by atoms with Crippen LogP contribution in [0.15, 0.2) is 59.5 Å². The number of carbonyl (C=O) groups excluding carboxylic acids is 3. The second-order valence-corrected chi connectivity index (χ2v) is 6.65. The lowest BCUT2D eigenvalue weighted by Gasteiger charge is -2.10. The number of hydrogen-bond donors (Lipinski definition) is 0. The molecule has 27 heavy (non-hydrogen) atoms. The van der Waals surface area contributed by atoms with E-state index in [0.29, 0.717) is 17.9 Å². The van der Waals surface area contributed by atoms with Gasteiger partial charge in [-0.15, -0.1) is 0 Å². The Bertz CT molecular complexity index is 894. The number of thioether (sulfide) groups is 1. The van der Waals surface area contributed by atoms with Crippen LogP contribution in [0.1, 0.15) is 11.1 Å². The lowest BCUT2D eigenvalue weighted by atomic mass is 10.1. The fourth-order valence-electron chi connectivity index (χ4n) is 2.44.